The Morgan fingerprint density at radius 2 is 0.750 bits per heavy atom. The number of hydrogen-bond donors (Lipinski definition) is 0. The Labute approximate surface area is 221 Å². The molecule has 2 aromatic carbocycles. The minimum Gasteiger partial charge on any atom is -0.353 e. The van der Waals surface area contributed by atoms with Crippen LogP contribution in [0.1, 0.15) is 22.3 Å². The maximum Gasteiger partial charge on any atom is 0.149 e. The normalized spacial score (nSPS) is 31.2. The summed E-state index contributed by atoms with van der Waals surface area (Å²) in [7, 11) is -5.92. The van der Waals surface area contributed by atoms with Crippen molar-refractivity contribution in [2.24, 2.45) is 0 Å². The zero-order chi connectivity index (χ0) is 26.2. The van der Waals surface area contributed by atoms with Crippen LogP contribution >= 0.6 is 0 Å². The van der Waals surface area contributed by atoms with Gasteiger partial charge in [-0.1, -0.05) is 124 Å². The molecule has 0 N–H and O–H groups in total. The van der Waals surface area contributed by atoms with E-state index in [-0.39, 0.29) is 23.4 Å². The van der Waals surface area contributed by atoms with E-state index >= 15 is 0 Å². The Kier molecular flexibility index (Phi) is 4.16. The fourth-order valence-electron chi connectivity index (χ4n) is 7.61. The van der Waals surface area contributed by atoms with Crippen LogP contribution in [0.2, 0.25) is 78.6 Å². The lowest BCUT2D eigenvalue weighted by molar-refractivity contribution is 0.281. The first-order valence-electron chi connectivity index (χ1n) is 13.8. The van der Waals surface area contributed by atoms with E-state index in [2.05, 4.69) is 103 Å². The second-order valence-corrected chi connectivity index (χ2v) is 36.3. The molecule has 0 unspecified atom stereocenters. The molecule has 6 heteroatoms. The number of fused-ring (bicyclic) bond motifs is 5. The van der Waals surface area contributed by atoms with Gasteiger partial charge in [-0.15, -0.1) is 0 Å². The van der Waals surface area contributed by atoms with Crippen LogP contribution in [0.5, 0.6) is 0 Å². The molecule has 2 spiro atoms. The third kappa shape index (κ3) is 2.64. The summed E-state index contributed by atoms with van der Waals surface area (Å²) in [5.74, 6) is 0. The lowest BCUT2D eigenvalue weighted by atomic mass is 9.55. The molecule has 2 aromatic rings. The van der Waals surface area contributed by atoms with Crippen molar-refractivity contribution in [3.05, 3.63) is 46.5 Å². The molecule has 2 fully saturated rings. The van der Waals surface area contributed by atoms with Gasteiger partial charge in [0.25, 0.3) is 0 Å². The fraction of sp³-hybridized carbons (Fsp3) is 0.533. The highest BCUT2D eigenvalue weighted by Crippen LogP contribution is 2.82. The SMILES string of the molecule is C[Si](C)(C)c1cc2c(cc1[Si](C)(C)C)[C@]13O[C@H]1[C@@H]1O[C@]14C(=C23)c1cc([Si](C)(C)C)c([Si](C)(C)C)cc14. The Balaban J connectivity index is 1.50. The van der Waals surface area contributed by atoms with Crippen molar-refractivity contribution in [3.63, 3.8) is 0 Å². The molecule has 7 rings (SSSR count). The predicted molar refractivity (Wildman–Crippen MR) is 165 cm³/mol. The van der Waals surface area contributed by atoms with Crippen molar-refractivity contribution in [2.75, 3.05) is 0 Å². The minimum atomic E-state index is -1.49. The zero-order valence-corrected chi connectivity index (χ0v) is 28.3. The van der Waals surface area contributed by atoms with E-state index in [1.165, 1.54) is 33.4 Å². The van der Waals surface area contributed by atoms with E-state index in [9.17, 15) is 0 Å². The highest BCUT2D eigenvalue weighted by Gasteiger charge is 2.87. The number of benzene rings is 2. The van der Waals surface area contributed by atoms with E-state index < -0.39 is 32.3 Å². The monoisotopic (exact) mass is 546 g/mol. The van der Waals surface area contributed by atoms with Crippen molar-refractivity contribution >= 4 is 64.2 Å². The molecule has 4 atom stereocenters. The van der Waals surface area contributed by atoms with E-state index in [1.807, 2.05) is 0 Å². The van der Waals surface area contributed by atoms with E-state index in [1.54, 1.807) is 20.7 Å². The van der Waals surface area contributed by atoms with E-state index in [4.69, 9.17) is 9.47 Å². The lowest BCUT2D eigenvalue weighted by Gasteiger charge is -2.46. The summed E-state index contributed by atoms with van der Waals surface area (Å²) >= 11 is 0. The Morgan fingerprint density at radius 3 is 1.03 bits per heavy atom. The molecule has 0 bridgehead atoms. The van der Waals surface area contributed by atoms with Crippen molar-refractivity contribution in [1.82, 2.24) is 0 Å². The average Bonchev–Trinajstić information content (AvgIpc) is 3.59. The number of rotatable bonds is 4. The second-order valence-electron chi connectivity index (χ2n) is 16.2. The maximum absolute atomic E-state index is 6.70. The first kappa shape index (κ1) is 24.0. The molecule has 2 heterocycles. The fourth-order valence-corrected chi connectivity index (χ4v) is 17.9. The van der Waals surface area contributed by atoms with Crippen molar-refractivity contribution < 1.29 is 9.47 Å². The van der Waals surface area contributed by atoms with Crippen LogP contribution in [0.4, 0.5) is 0 Å². The molecule has 2 nitrogen and oxygen atoms in total. The molecule has 0 aromatic heterocycles. The number of ether oxygens (including phenoxy) is 2. The van der Waals surface area contributed by atoms with Gasteiger partial charge in [-0.2, -0.15) is 0 Å². The van der Waals surface area contributed by atoms with Gasteiger partial charge in [0, 0.05) is 11.1 Å². The van der Waals surface area contributed by atoms with Crippen molar-refractivity contribution in [3.8, 4) is 0 Å². The highest BCUT2D eigenvalue weighted by molar-refractivity contribution is 6.99. The summed E-state index contributed by atoms with van der Waals surface area (Å²) in [4.78, 5) is 0. The largest absolute Gasteiger partial charge is 0.353 e. The summed E-state index contributed by atoms with van der Waals surface area (Å²) in [5, 5.41) is 6.67. The number of epoxide rings is 2. The molecule has 0 amide bonds. The summed E-state index contributed by atoms with van der Waals surface area (Å²) < 4.78 is 13.4. The standard InChI is InChI=1S/C30H42O2Si4/c1-33(2,3)21-13-17-19(15-23(21)35(7,8)9)29-25(17)26-18-14-22(34(4,5)6)24(36(10,11)12)16-20(18)30(26)28(32-30)27(29)31-29/h13-16,27-28H,1-12H3/t27-,28-,29+,30+/m0/s1. The zero-order valence-electron chi connectivity index (χ0n) is 24.3. The Morgan fingerprint density at radius 1 is 0.472 bits per heavy atom. The van der Waals surface area contributed by atoms with E-state index in [0.717, 1.165) is 0 Å². The van der Waals surface area contributed by atoms with Gasteiger partial charge in [0.2, 0.25) is 0 Å². The van der Waals surface area contributed by atoms with Gasteiger partial charge in [0.15, 0.2) is 0 Å². The van der Waals surface area contributed by atoms with Crippen molar-refractivity contribution in [1.29, 1.82) is 0 Å². The van der Waals surface area contributed by atoms with Gasteiger partial charge in [-0.05, 0) is 22.3 Å². The summed E-state index contributed by atoms with van der Waals surface area (Å²) in [6.07, 6.45) is 0.409. The minimum absolute atomic E-state index is 0.184. The molecule has 3 aliphatic carbocycles. The molecular formula is C30H42O2Si4. The quantitative estimate of drug-likeness (QED) is 0.398. The van der Waals surface area contributed by atoms with Crippen LogP contribution < -0.4 is 20.7 Å². The molecule has 2 saturated heterocycles. The summed E-state index contributed by atoms with van der Waals surface area (Å²) in [6, 6.07) is 10.4. The van der Waals surface area contributed by atoms with Crippen LogP contribution in [0.3, 0.4) is 0 Å². The Bertz CT molecular complexity index is 1330. The first-order chi connectivity index (χ1) is 16.3. The maximum atomic E-state index is 6.70. The summed E-state index contributed by atoms with van der Waals surface area (Å²) in [6.45, 7) is 30.1. The first-order valence-corrected chi connectivity index (χ1v) is 27.8. The summed E-state index contributed by atoms with van der Waals surface area (Å²) in [5.41, 5.74) is 8.52. The van der Waals surface area contributed by atoms with Crippen LogP contribution in [-0.4, -0.2) is 44.5 Å². The molecule has 36 heavy (non-hydrogen) atoms. The molecule has 5 aliphatic rings. The van der Waals surface area contributed by atoms with Crippen LogP contribution in [0.15, 0.2) is 24.3 Å². The van der Waals surface area contributed by atoms with Gasteiger partial charge in [0.05, 0.1) is 32.3 Å². The molecule has 0 saturated carbocycles. The third-order valence-corrected chi connectivity index (χ3v) is 18.1. The molecule has 2 aliphatic heterocycles. The topological polar surface area (TPSA) is 25.1 Å². The van der Waals surface area contributed by atoms with Crippen LogP contribution in [-0.2, 0) is 20.7 Å². The van der Waals surface area contributed by atoms with E-state index in [0.29, 0.717) is 0 Å². The van der Waals surface area contributed by atoms with Gasteiger partial charge in [-0.3, -0.25) is 0 Å². The lowest BCUT2D eigenvalue weighted by Crippen LogP contribution is -2.59. The Hall–Kier alpha value is -1.03. The van der Waals surface area contributed by atoms with Gasteiger partial charge in [-0.25, -0.2) is 0 Å². The number of hydrogen-bond acceptors (Lipinski definition) is 2. The van der Waals surface area contributed by atoms with Gasteiger partial charge >= 0.3 is 0 Å². The predicted octanol–water partition coefficient (Wildman–Crippen LogP) is 5.01. The van der Waals surface area contributed by atoms with Crippen LogP contribution in [0, 0.1) is 0 Å². The second kappa shape index (κ2) is 6.23. The molecule has 0 radical (unpaired) electrons. The third-order valence-electron chi connectivity index (χ3n) is 9.47. The van der Waals surface area contributed by atoms with Gasteiger partial charge < -0.3 is 9.47 Å². The van der Waals surface area contributed by atoms with Gasteiger partial charge in [0.1, 0.15) is 23.4 Å². The molecule has 190 valence electrons. The smallest absolute Gasteiger partial charge is 0.149 e. The average molecular weight is 547 g/mol. The highest BCUT2D eigenvalue weighted by atomic mass is 28.3. The van der Waals surface area contributed by atoms with Crippen LogP contribution in [0.25, 0.3) is 11.1 Å². The van der Waals surface area contributed by atoms with Crippen molar-refractivity contribution in [2.45, 2.75) is 102 Å². The molecular weight excluding hydrogens is 505 g/mol.